The molecular weight excluding hydrogens is 214 g/mol. The molecule has 1 heterocycles. The molecule has 1 rings (SSSR count). The largest absolute Gasteiger partial charge is 0.330 e. The summed E-state index contributed by atoms with van der Waals surface area (Å²) in [6.07, 6.45) is 2.60. The molecule has 1 saturated heterocycles. The average Bonchev–Trinajstić information content (AvgIpc) is 2.18. The van der Waals surface area contributed by atoms with Gasteiger partial charge in [0.1, 0.15) is 0 Å². The highest BCUT2D eigenvalue weighted by molar-refractivity contribution is 7.87. The molecule has 0 amide bonds. The van der Waals surface area contributed by atoms with Gasteiger partial charge in [-0.3, -0.25) is 0 Å². The molecule has 6 heteroatoms. The molecule has 5 nitrogen and oxygen atoms in total. The SMILES string of the molecule is CC1CCN(S(=O)(=O)NCCCN)CC1. The van der Waals surface area contributed by atoms with E-state index in [2.05, 4.69) is 11.6 Å². The molecule has 0 aromatic heterocycles. The van der Waals surface area contributed by atoms with Crippen LogP contribution in [0.2, 0.25) is 0 Å². The molecule has 1 fully saturated rings. The van der Waals surface area contributed by atoms with Crippen LogP contribution < -0.4 is 10.5 Å². The third kappa shape index (κ3) is 4.06. The van der Waals surface area contributed by atoms with Gasteiger partial charge in [-0.05, 0) is 31.7 Å². The summed E-state index contributed by atoms with van der Waals surface area (Å²) in [6.45, 7) is 4.38. The third-order valence-electron chi connectivity index (χ3n) is 2.75. The van der Waals surface area contributed by atoms with E-state index in [-0.39, 0.29) is 0 Å². The first-order chi connectivity index (χ1) is 7.06. The van der Waals surface area contributed by atoms with Crippen molar-refractivity contribution in [1.29, 1.82) is 0 Å². The second-order valence-corrected chi connectivity index (χ2v) is 5.88. The standard InChI is InChI=1S/C9H21N3O2S/c1-9-3-7-12(8-4-9)15(13,14)11-6-2-5-10/h9,11H,2-8,10H2,1H3. The van der Waals surface area contributed by atoms with Gasteiger partial charge in [-0.25, -0.2) is 4.72 Å². The Balaban J connectivity index is 2.40. The zero-order valence-corrected chi connectivity index (χ0v) is 10.1. The van der Waals surface area contributed by atoms with E-state index in [0.717, 1.165) is 12.8 Å². The van der Waals surface area contributed by atoms with E-state index < -0.39 is 10.2 Å². The molecule has 0 aliphatic carbocycles. The molecule has 1 aliphatic heterocycles. The minimum atomic E-state index is -3.25. The summed E-state index contributed by atoms with van der Waals surface area (Å²) in [5, 5.41) is 0. The van der Waals surface area contributed by atoms with Gasteiger partial charge < -0.3 is 5.73 Å². The summed E-state index contributed by atoms with van der Waals surface area (Å²) < 4.78 is 27.6. The molecule has 90 valence electrons. The van der Waals surface area contributed by atoms with Gasteiger partial charge in [-0.2, -0.15) is 12.7 Å². The average molecular weight is 235 g/mol. The lowest BCUT2D eigenvalue weighted by Crippen LogP contribution is -2.45. The zero-order chi connectivity index (χ0) is 11.3. The maximum atomic E-state index is 11.7. The van der Waals surface area contributed by atoms with Crippen LogP contribution in [-0.4, -0.2) is 38.9 Å². The number of nitrogens with one attached hydrogen (secondary N) is 1. The lowest BCUT2D eigenvalue weighted by Gasteiger charge is -2.29. The molecule has 0 saturated carbocycles. The minimum Gasteiger partial charge on any atom is -0.330 e. The van der Waals surface area contributed by atoms with E-state index in [1.165, 1.54) is 4.31 Å². The first-order valence-electron chi connectivity index (χ1n) is 5.51. The first-order valence-corrected chi connectivity index (χ1v) is 6.95. The molecule has 0 bridgehead atoms. The lowest BCUT2D eigenvalue weighted by atomic mass is 10.0. The Bertz CT molecular complexity index is 271. The fourth-order valence-electron chi connectivity index (χ4n) is 1.62. The molecule has 0 unspecified atom stereocenters. The first kappa shape index (κ1) is 12.9. The van der Waals surface area contributed by atoms with Gasteiger partial charge in [0.2, 0.25) is 0 Å². The molecule has 3 N–H and O–H groups in total. The van der Waals surface area contributed by atoms with E-state index in [4.69, 9.17) is 5.73 Å². The van der Waals surface area contributed by atoms with Crippen LogP contribution in [0.15, 0.2) is 0 Å². The van der Waals surface area contributed by atoms with Gasteiger partial charge in [0.25, 0.3) is 10.2 Å². The van der Waals surface area contributed by atoms with Crippen molar-refractivity contribution in [3.8, 4) is 0 Å². The van der Waals surface area contributed by atoms with Crippen LogP contribution in [0.3, 0.4) is 0 Å². The van der Waals surface area contributed by atoms with Crippen LogP contribution in [0.4, 0.5) is 0 Å². The van der Waals surface area contributed by atoms with E-state index >= 15 is 0 Å². The molecule has 0 aromatic rings. The van der Waals surface area contributed by atoms with Gasteiger partial charge >= 0.3 is 0 Å². The highest BCUT2D eigenvalue weighted by atomic mass is 32.2. The van der Waals surface area contributed by atoms with Gasteiger partial charge in [0.05, 0.1) is 0 Å². The third-order valence-corrected chi connectivity index (χ3v) is 4.36. The van der Waals surface area contributed by atoms with E-state index in [1.54, 1.807) is 0 Å². The van der Waals surface area contributed by atoms with E-state index in [0.29, 0.717) is 38.5 Å². The number of hydrogen-bond acceptors (Lipinski definition) is 3. The van der Waals surface area contributed by atoms with Gasteiger partial charge in [-0.1, -0.05) is 6.92 Å². The van der Waals surface area contributed by atoms with Gasteiger partial charge in [0.15, 0.2) is 0 Å². The zero-order valence-electron chi connectivity index (χ0n) is 9.28. The highest BCUT2D eigenvalue weighted by Gasteiger charge is 2.25. The number of hydrogen-bond donors (Lipinski definition) is 2. The fraction of sp³-hybridized carbons (Fsp3) is 1.00. The summed E-state index contributed by atoms with van der Waals surface area (Å²) in [5.41, 5.74) is 5.31. The van der Waals surface area contributed by atoms with Crippen molar-refractivity contribution in [2.75, 3.05) is 26.2 Å². The van der Waals surface area contributed by atoms with E-state index in [9.17, 15) is 8.42 Å². The Morgan fingerprint density at radius 1 is 1.40 bits per heavy atom. The number of piperidine rings is 1. The van der Waals surface area contributed by atoms with Gasteiger partial charge in [0, 0.05) is 19.6 Å². The monoisotopic (exact) mass is 235 g/mol. The summed E-state index contributed by atoms with van der Waals surface area (Å²) >= 11 is 0. The van der Waals surface area contributed by atoms with Crippen molar-refractivity contribution in [2.45, 2.75) is 26.2 Å². The normalized spacial score (nSPS) is 20.7. The lowest BCUT2D eigenvalue weighted by molar-refractivity contribution is 0.285. The second kappa shape index (κ2) is 5.79. The Kier molecular flexibility index (Phi) is 4.98. The summed E-state index contributed by atoms with van der Waals surface area (Å²) in [5.74, 6) is 0.639. The maximum Gasteiger partial charge on any atom is 0.279 e. The molecule has 1 aliphatic rings. The van der Waals surface area contributed by atoms with Crippen molar-refractivity contribution in [1.82, 2.24) is 9.03 Å². The Labute approximate surface area is 92.2 Å². The Hall–Kier alpha value is -0.170. The number of nitrogens with two attached hydrogens (primary N) is 1. The predicted molar refractivity (Wildman–Crippen MR) is 60.6 cm³/mol. The highest BCUT2D eigenvalue weighted by Crippen LogP contribution is 2.17. The summed E-state index contributed by atoms with van der Waals surface area (Å²) in [4.78, 5) is 0. The smallest absolute Gasteiger partial charge is 0.279 e. The summed E-state index contributed by atoms with van der Waals surface area (Å²) in [7, 11) is -3.25. The quantitative estimate of drug-likeness (QED) is 0.654. The maximum absolute atomic E-state index is 11.7. The molecule has 15 heavy (non-hydrogen) atoms. The van der Waals surface area contributed by atoms with Crippen LogP contribution in [-0.2, 0) is 10.2 Å². The Morgan fingerprint density at radius 3 is 2.53 bits per heavy atom. The number of rotatable bonds is 5. The minimum absolute atomic E-state index is 0.435. The van der Waals surface area contributed by atoms with Crippen LogP contribution in [0, 0.1) is 5.92 Å². The van der Waals surface area contributed by atoms with Crippen molar-refractivity contribution >= 4 is 10.2 Å². The van der Waals surface area contributed by atoms with Crippen molar-refractivity contribution in [3.05, 3.63) is 0 Å². The van der Waals surface area contributed by atoms with Crippen molar-refractivity contribution in [3.63, 3.8) is 0 Å². The van der Waals surface area contributed by atoms with Crippen LogP contribution >= 0.6 is 0 Å². The Morgan fingerprint density at radius 2 is 2.00 bits per heavy atom. The molecule has 0 aromatic carbocycles. The second-order valence-electron chi connectivity index (χ2n) is 4.12. The van der Waals surface area contributed by atoms with E-state index in [1.807, 2.05) is 0 Å². The van der Waals surface area contributed by atoms with Crippen LogP contribution in [0.5, 0.6) is 0 Å². The fourth-order valence-corrected chi connectivity index (χ4v) is 2.90. The van der Waals surface area contributed by atoms with Gasteiger partial charge in [-0.15, -0.1) is 0 Å². The van der Waals surface area contributed by atoms with Crippen molar-refractivity contribution < 1.29 is 8.42 Å². The topological polar surface area (TPSA) is 75.4 Å². The van der Waals surface area contributed by atoms with Crippen LogP contribution in [0.1, 0.15) is 26.2 Å². The van der Waals surface area contributed by atoms with Crippen LogP contribution in [0.25, 0.3) is 0 Å². The molecule has 0 radical (unpaired) electrons. The molecule has 0 atom stereocenters. The predicted octanol–water partition coefficient (Wildman–Crippen LogP) is -0.0985. The number of nitrogens with zero attached hydrogens (tertiary/aromatic N) is 1. The van der Waals surface area contributed by atoms with Crippen molar-refractivity contribution in [2.24, 2.45) is 11.7 Å². The molecule has 0 spiro atoms. The molecular formula is C9H21N3O2S. The summed E-state index contributed by atoms with van der Waals surface area (Å²) in [6, 6.07) is 0.